The Morgan fingerprint density at radius 2 is 1.66 bits per heavy atom. The molecule has 2 heterocycles. The smallest absolute Gasteiger partial charge is 0.289 e. The first-order valence-corrected chi connectivity index (χ1v) is 10.8. The Morgan fingerprint density at radius 1 is 1.00 bits per heavy atom. The van der Waals surface area contributed by atoms with Crippen molar-refractivity contribution in [2.75, 3.05) is 26.2 Å². The summed E-state index contributed by atoms with van der Waals surface area (Å²) < 4.78 is 46.2. The van der Waals surface area contributed by atoms with E-state index >= 15 is 0 Å². The fourth-order valence-corrected chi connectivity index (χ4v) is 4.95. The normalized spacial score (nSPS) is 15.8. The summed E-state index contributed by atoms with van der Waals surface area (Å²) in [5.74, 6) is -0.540. The zero-order chi connectivity index (χ0) is 20.8. The van der Waals surface area contributed by atoms with Gasteiger partial charge < -0.3 is 9.32 Å². The van der Waals surface area contributed by atoms with Crippen LogP contribution in [0.3, 0.4) is 0 Å². The maximum atomic E-state index is 13.5. The first kappa shape index (κ1) is 19.6. The molecule has 152 valence electrons. The van der Waals surface area contributed by atoms with Gasteiger partial charge in [0.1, 0.15) is 11.4 Å². The minimum Gasteiger partial charge on any atom is -0.451 e. The van der Waals surface area contributed by atoms with Crippen LogP contribution >= 0.6 is 0 Å². The first-order chi connectivity index (χ1) is 13.8. The van der Waals surface area contributed by atoms with Gasteiger partial charge in [0, 0.05) is 37.1 Å². The third-order valence-electron chi connectivity index (χ3n) is 5.28. The van der Waals surface area contributed by atoms with Crippen molar-refractivity contribution >= 4 is 26.9 Å². The molecular weight excluding hydrogens is 395 g/mol. The average molecular weight is 416 g/mol. The summed E-state index contributed by atoms with van der Waals surface area (Å²) in [5.41, 5.74) is 2.02. The Balaban J connectivity index is 1.50. The molecule has 1 saturated heterocycles. The van der Waals surface area contributed by atoms with Gasteiger partial charge in [-0.1, -0.05) is 17.7 Å². The van der Waals surface area contributed by atoms with E-state index in [4.69, 9.17) is 4.42 Å². The zero-order valence-electron chi connectivity index (χ0n) is 16.2. The molecule has 0 saturated carbocycles. The molecule has 0 spiro atoms. The number of carbonyl (C=O) groups excluding carboxylic acids is 1. The van der Waals surface area contributed by atoms with Gasteiger partial charge in [-0.2, -0.15) is 4.31 Å². The maximum Gasteiger partial charge on any atom is 0.289 e. The molecule has 1 aromatic heterocycles. The molecule has 29 heavy (non-hydrogen) atoms. The Labute approximate surface area is 168 Å². The highest BCUT2D eigenvalue weighted by atomic mass is 32.2. The third kappa shape index (κ3) is 3.54. The highest BCUT2D eigenvalue weighted by Crippen LogP contribution is 2.27. The van der Waals surface area contributed by atoms with Gasteiger partial charge in [0.25, 0.3) is 5.91 Å². The molecule has 8 heteroatoms. The van der Waals surface area contributed by atoms with Crippen LogP contribution in [0.4, 0.5) is 4.39 Å². The van der Waals surface area contributed by atoms with Gasteiger partial charge >= 0.3 is 0 Å². The van der Waals surface area contributed by atoms with E-state index in [0.717, 1.165) is 5.56 Å². The summed E-state index contributed by atoms with van der Waals surface area (Å²) in [4.78, 5) is 14.7. The van der Waals surface area contributed by atoms with Crippen LogP contribution in [0.2, 0.25) is 0 Å². The summed E-state index contributed by atoms with van der Waals surface area (Å²) in [7, 11) is -3.60. The molecule has 0 unspecified atom stereocenters. The van der Waals surface area contributed by atoms with E-state index in [1.165, 1.54) is 22.5 Å². The summed E-state index contributed by atoms with van der Waals surface area (Å²) in [5, 5.41) is 0.564. The molecule has 1 aliphatic rings. The van der Waals surface area contributed by atoms with Crippen LogP contribution in [-0.2, 0) is 10.0 Å². The standard InChI is InChI=1S/C21H21FN2O4S/c1-14-3-6-17(7-4-14)29(26,27)24-11-9-23(10-12-24)21(25)20-15(2)18-13-16(22)5-8-19(18)28-20/h3-8,13H,9-12H2,1-2H3. The Kier molecular flexibility index (Phi) is 4.92. The second-order valence-electron chi connectivity index (χ2n) is 7.21. The molecule has 0 atom stereocenters. The van der Waals surface area contributed by atoms with Gasteiger partial charge in [0.05, 0.1) is 4.90 Å². The van der Waals surface area contributed by atoms with Gasteiger partial charge in [-0.15, -0.1) is 0 Å². The van der Waals surface area contributed by atoms with Crippen LogP contribution in [0.1, 0.15) is 21.7 Å². The summed E-state index contributed by atoms with van der Waals surface area (Å²) >= 11 is 0. The molecular formula is C21H21FN2O4S. The lowest BCUT2D eigenvalue weighted by atomic mass is 10.1. The predicted octanol–water partition coefficient (Wildman–Crippen LogP) is 3.34. The fourth-order valence-electron chi connectivity index (χ4n) is 3.53. The maximum absolute atomic E-state index is 13.5. The topological polar surface area (TPSA) is 70.8 Å². The summed E-state index contributed by atoms with van der Waals surface area (Å²) in [6.45, 7) is 4.54. The average Bonchev–Trinajstić information content (AvgIpc) is 3.04. The van der Waals surface area contributed by atoms with Crippen molar-refractivity contribution in [1.29, 1.82) is 0 Å². The minimum absolute atomic E-state index is 0.167. The number of furan rings is 1. The molecule has 2 aromatic carbocycles. The first-order valence-electron chi connectivity index (χ1n) is 9.32. The van der Waals surface area contributed by atoms with Crippen molar-refractivity contribution in [1.82, 2.24) is 9.21 Å². The van der Waals surface area contributed by atoms with E-state index in [-0.39, 0.29) is 42.7 Å². The van der Waals surface area contributed by atoms with Crippen molar-refractivity contribution in [3.8, 4) is 0 Å². The number of hydrogen-bond acceptors (Lipinski definition) is 4. The molecule has 0 bridgehead atoms. The molecule has 4 rings (SSSR count). The van der Waals surface area contributed by atoms with Crippen molar-refractivity contribution in [3.05, 3.63) is 65.2 Å². The molecule has 0 radical (unpaired) electrons. The Morgan fingerprint density at radius 3 is 2.31 bits per heavy atom. The predicted molar refractivity (Wildman–Crippen MR) is 107 cm³/mol. The Hall–Kier alpha value is -2.71. The number of halogens is 1. The van der Waals surface area contributed by atoms with Crippen molar-refractivity contribution in [2.24, 2.45) is 0 Å². The van der Waals surface area contributed by atoms with Crippen LogP contribution in [0.15, 0.2) is 51.8 Å². The van der Waals surface area contributed by atoms with E-state index in [1.54, 1.807) is 36.1 Å². The number of benzene rings is 2. The number of fused-ring (bicyclic) bond motifs is 1. The molecule has 1 fully saturated rings. The number of aryl methyl sites for hydroxylation is 2. The molecule has 1 amide bonds. The largest absolute Gasteiger partial charge is 0.451 e. The minimum atomic E-state index is -3.60. The lowest BCUT2D eigenvalue weighted by Crippen LogP contribution is -2.50. The third-order valence-corrected chi connectivity index (χ3v) is 7.19. The van der Waals surface area contributed by atoms with E-state index in [1.807, 2.05) is 6.92 Å². The van der Waals surface area contributed by atoms with Gasteiger partial charge in [-0.05, 0) is 44.2 Å². The van der Waals surface area contributed by atoms with Crippen LogP contribution in [0.5, 0.6) is 0 Å². The van der Waals surface area contributed by atoms with Gasteiger partial charge in [-0.3, -0.25) is 4.79 Å². The number of amides is 1. The fraction of sp³-hybridized carbons (Fsp3) is 0.286. The lowest BCUT2D eigenvalue weighted by Gasteiger charge is -2.33. The van der Waals surface area contributed by atoms with Gasteiger partial charge in [0.2, 0.25) is 10.0 Å². The number of sulfonamides is 1. The highest BCUT2D eigenvalue weighted by molar-refractivity contribution is 7.89. The number of nitrogens with zero attached hydrogens (tertiary/aromatic N) is 2. The monoisotopic (exact) mass is 416 g/mol. The SMILES string of the molecule is Cc1ccc(S(=O)(=O)N2CCN(C(=O)c3oc4ccc(F)cc4c3C)CC2)cc1. The van der Waals surface area contributed by atoms with Crippen LogP contribution in [-0.4, -0.2) is 49.7 Å². The van der Waals surface area contributed by atoms with E-state index in [0.29, 0.717) is 16.5 Å². The second-order valence-corrected chi connectivity index (χ2v) is 9.14. The van der Waals surface area contributed by atoms with Gasteiger partial charge in [-0.25, -0.2) is 12.8 Å². The zero-order valence-corrected chi connectivity index (χ0v) is 17.0. The number of piperazine rings is 1. The van der Waals surface area contributed by atoms with E-state index < -0.39 is 15.8 Å². The van der Waals surface area contributed by atoms with Crippen LogP contribution < -0.4 is 0 Å². The van der Waals surface area contributed by atoms with Crippen molar-refractivity contribution in [2.45, 2.75) is 18.7 Å². The van der Waals surface area contributed by atoms with Gasteiger partial charge in [0.15, 0.2) is 5.76 Å². The van der Waals surface area contributed by atoms with E-state index in [2.05, 4.69) is 0 Å². The molecule has 1 aliphatic heterocycles. The molecule has 0 aliphatic carbocycles. The number of rotatable bonds is 3. The van der Waals surface area contributed by atoms with Crippen LogP contribution in [0.25, 0.3) is 11.0 Å². The van der Waals surface area contributed by atoms with E-state index in [9.17, 15) is 17.6 Å². The summed E-state index contributed by atoms with van der Waals surface area (Å²) in [6, 6.07) is 10.9. The Bertz CT molecular complexity index is 1180. The lowest BCUT2D eigenvalue weighted by molar-refractivity contribution is 0.0667. The quantitative estimate of drug-likeness (QED) is 0.657. The number of carbonyl (C=O) groups is 1. The van der Waals surface area contributed by atoms with Crippen LogP contribution in [0, 0.1) is 19.7 Å². The molecule has 0 N–H and O–H groups in total. The summed E-state index contributed by atoms with van der Waals surface area (Å²) in [6.07, 6.45) is 0. The second kappa shape index (κ2) is 7.27. The molecule has 3 aromatic rings. The van der Waals surface area contributed by atoms with Crippen molar-refractivity contribution in [3.63, 3.8) is 0 Å². The van der Waals surface area contributed by atoms with Crippen molar-refractivity contribution < 1.29 is 22.0 Å². The highest BCUT2D eigenvalue weighted by Gasteiger charge is 2.32. The molecule has 6 nitrogen and oxygen atoms in total. The number of hydrogen-bond donors (Lipinski definition) is 0.